The van der Waals surface area contributed by atoms with E-state index in [0.29, 0.717) is 23.1 Å². The van der Waals surface area contributed by atoms with Gasteiger partial charge in [0.2, 0.25) is 5.91 Å². The molecule has 0 unspecified atom stereocenters. The van der Waals surface area contributed by atoms with Gasteiger partial charge in [0.1, 0.15) is 5.82 Å². The number of thioether (sulfide) groups is 2. The average molecular weight is 463 g/mol. The fourth-order valence-corrected chi connectivity index (χ4v) is 5.45. The Balaban J connectivity index is 1.45. The van der Waals surface area contributed by atoms with Gasteiger partial charge < -0.3 is 4.90 Å². The molecule has 0 atom stereocenters. The molecular weight excluding hydrogens is 443 g/mol. The van der Waals surface area contributed by atoms with E-state index < -0.39 is 0 Å². The molecule has 4 aromatic rings. The van der Waals surface area contributed by atoms with Crippen molar-refractivity contribution < 1.29 is 9.18 Å². The zero-order chi connectivity index (χ0) is 21.9. The summed E-state index contributed by atoms with van der Waals surface area (Å²) >= 11 is 3.07. The topological polar surface area (TPSA) is 51.0 Å². The Morgan fingerprint density at radius 2 is 1.72 bits per heavy atom. The number of fused-ring (bicyclic) bond motifs is 1. The molecule has 32 heavy (non-hydrogen) atoms. The van der Waals surface area contributed by atoms with E-state index in [0.717, 1.165) is 22.0 Å². The van der Waals surface area contributed by atoms with Crippen LogP contribution in [0.25, 0.3) is 17.1 Å². The molecule has 160 valence electrons. The molecule has 1 aliphatic heterocycles. The van der Waals surface area contributed by atoms with Gasteiger partial charge >= 0.3 is 0 Å². The molecule has 0 fully saturated rings. The summed E-state index contributed by atoms with van der Waals surface area (Å²) in [5, 5.41) is 9.12. The van der Waals surface area contributed by atoms with Crippen molar-refractivity contribution in [2.75, 3.05) is 23.0 Å². The lowest BCUT2D eigenvalue weighted by molar-refractivity contribution is -0.116. The number of rotatable bonds is 5. The lowest BCUT2D eigenvalue weighted by Crippen LogP contribution is -2.36. The van der Waals surface area contributed by atoms with Gasteiger partial charge in [0.25, 0.3) is 0 Å². The Hall–Kier alpha value is -3.10. The van der Waals surface area contributed by atoms with Crippen LogP contribution in [0.5, 0.6) is 0 Å². The highest BCUT2D eigenvalue weighted by atomic mass is 32.2. The fraction of sp³-hybridized carbons (Fsp3) is 0.125. The quantitative estimate of drug-likeness (QED) is 0.377. The highest BCUT2D eigenvalue weighted by Crippen LogP contribution is 2.35. The van der Waals surface area contributed by atoms with Crippen molar-refractivity contribution >= 4 is 35.1 Å². The molecule has 2 heterocycles. The summed E-state index contributed by atoms with van der Waals surface area (Å²) in [6.45, 7) is 0.674. The smallest absolute Gasteiger partial charge is 0.237 e. The Morgan fingerprint density at radius 3 is 2.56 bits per heavy atom. The zero-order valence-corrected chi connectivity index (χ0v) is 18.7. The number of para-hydroxylation sites is 2. The van der Waals surface area contributed by atoms with E-state index in [1.54, 1.807) is 34.5 Å². The maximum atomic E-state index is 14.5. The van der Waals surface area contributed by atoms with Gasteiger partial charge in [-0.1, -0.05) is 54.2 Å². The second-order valence-corrected chi connectivity index (χ2v) is 9.19. The molecule has 1 amide bonds. The van der Waals surface area contributed by atoms with Crippen LogP contribution in [0.1, 0.15) is 0 Å². The lowest BCUT2D eigenvalue weighted by atomic mass is 10.2. The van der Waals surface area contributed by atoms with E-state index in [1.807, 2.05) is 59.5 Å². The van der Waals surface area contributed by atoms with Crippen LogP contribution in [-0.4, -0.2) is 38.7 Å². The predicted octanol–water partition coefficient (Wildman–Crippen LogP) is 5.30. The molecule has 1 aromatic heterocycles. The van der Waals surface area contributed by atoms with E-state index >= 15 is 0 Å². The molecule has 0 spiro atoms. The van der Waals surface area contributed by atoms with Crippen molar-refractivity contribution in [1.82, 2.24) is 14.8 Å². The van der Waals surface area contributed by atoms with Crippen LogP contribution in [0.4, 0.5) is 10.1 Å². The first kappa shape index (κ1) is 20.8. The highest BCUT2D eigenvalue weighted by Gasteiger charge is 2.24. The maximum Gasteiger partial charge on any atom is 0.237 e. The Morgan fingerprint density at radius 1 is 0.969 bits per heavy atom. The zero-order valence-electron chi connectivity index (χ0n) is 17.0. The molecule has 0 radical (unpaired) electrons. The van der Waals surface area contributed by atoms with E-state index in [1.165, 1.54) is 17.8 Å². The van der Waals surface area contributed by atoms with Gasteiger partial charge in [0, 0.05) is 22.9 Å². The van der Waals surface area contributed by atoms with Crippen LogP contribution in [-0.2, 0) is 4.79 Å². The predicted molar refractivity (Wildman–Crippen MR) is 127 cm³/mol. The molecule has 0 saturated heterocycles. The number of hydrogen-bond donors (Lipinski definition) is 0. The monoisotopic (exact) mass is 462 g/mol. The van der Waals surface area contributed by atoms with Gasteiger partial charge in [-0.3, -0.25) is 9.36 Å². The first-order valence-corrected chi connectivity index (χ1v) is 12.1. The van der Waals surface area contributed by atoms with Crippen LogP contribution in [0.15, 0.2) is 88.9 Å². The third kappa shape index (κ3) is 4.03. The van der Waals surface area contributed by atoms with Gasteiger partial charge in [0.05, 0.1) is 17.0 Å². The minimum absolute atomic E-state index is 0.0119. The highest BCUT2D eigenvalue weighted by molar-refractivity contribution is 8.00. The number of carbonyl (C=O) groups excluding carboxylic acids is 1. The average Bonchev–Trinajstić information content (AvgIpc) is 3.26. The molecule has 0 saturated carbocycles. The largest absolute Gasteiger partial charge is 0.310 e. The standard InChI is InChI=1S/C24H19FN4OS2/c25-19-11-5-4-10-18(19)23-26-27-24(29(23)17-8-2-1-3-9-17)32-16-22(30)28-14-15-31-21-13-7-6-12-20(21)28/h1-13H,14-16H2. The van der Waals surface area contributed by atoms with Crippen LogP contribution in [0.2, 0.25) is 0 Å². The third-order valence-electron chi connectivity index (χ3n) is 5.12. The van der Waals surface area contributed by atoms with Crippen LogP contribution in [0.3, 0.4) is 0 Å². The van der Waals surface area contributed by atoms with Crippen molar-refractivity contribution in [2.24, 2.45) is 0 Å². The van der Waals surface area contributed by atoms with Crippen molar-refractivity contribution in [3.05, 3.63) is 84.7 Å². The number of nitrogens with zero attached hydrogens (tertiary/aromatic N) is 4. The first-order chi connectivity index (χ1) is 15.7. The van der Waals surface area contributed by atoms with Crippen molar-refractivity contribution in [3.8, 4) is 17.1 Å². The van der Waals surface area contributed by atoms with E-state index in [-0.39, 0.29) is 17.5 Å². The van der Waals surface area contributed by atoms with Crippen LogP contribution in [0, 0.1) is 5.82 Å². The van der Waals surface area contributed by atoms with E-state index in [4.69, 9.17) is 0 Å². The number of amides is 1. The second-order valence-electron chi connectivity index (χ2n) is 7.11. The van der Waals surface area contributed by atoms with E-state index in [9.17, 15) is 9.18 Å². The van der Waals surface area contributed by atoms with Crippen LogP contribution >= 0.6 is 23.5 Å². The Kier molecular flexibility index (Phi) is 5.96. The Bertz CT molecular complexity index is 1260. The van der Waals surface area contributed by atoms with Gasteiger partial charge in [0.15, 0.2) is 11.0 Å². The first-order valence-electron chi connectivity index (χ1n) is 10.1. The van der Waals surface area contributed by atoms with Gasteiger partial charge in [-0.2, -0.15) is 0 Å². The molecular formula is C24H19FN4OS2. The maximum absolute atomic E-state index is 14.5. The molecule has 8 heteroatoms. The number of halogens is 1. The summed E-state index contributed by atoms with van der Waals surface area (Å²) in [7, 11) is 0. The van der Waals surface area contributed by atoms with Crippen molar-refractivity contribution in [3.63, 3.8) is 0 Å². The minimum Gasteiger partial charge on any atom is -0.310 e. The molecule has 0 bridgehead atoms. The Labute approximate surface area is 193 Å². The molecule has 5 nitrogen and oxygen atoms in total. The van der Waals surface area contributed by atoms with Crippen molar-refractivity contribution in [2.45, 2.75) is 10.1 Å². The third-order valence-corrected chi connectivity index (χ3v) is 7.07. The van der Waals surface area contributed by atoms with Gasteiger partial charge in [-0.05, 0) is 36.4 Å². The van der Waals surface area contributed by atoms with Crippen molar-refractivity contribution in [1.29, 1.82) is 0 Å². The molecule has 0 aliphatic carbocycles. The molecule has 1 aliphatic rings. The van der Waals surface area contributed by atoms with Crippen LogP contribution < -0.4 is 4.90 Å². The fourth-order valence-electron chi connectivity index (χ4n) is 3.62. The molecule has 3 aromatic carbocycles. The number of carbonyl (C=O) groups is 1. The summed E-state index contributed by atoms with van der Waals surface area (Å²) in [6, 6.07) is 24.0. The van der Waals surface area contributed by atoms with Gasteiger partial charge in [-0.25, -0.2) is 4.39 Å². The summed E-state index contributed by atoms with van der Waals surface area (Å²) in [5.41, 5.74) is 2.13. The number of hydrogen-bond acceptors (Lipinski definition) is 5. The summed E-state index contributed by atoms with van der Waals surface area (Å²) in [5.74, 6) is 1.13. The minimum atomic E-state index is -0.368. The second kappa shape index (κ2) is 9.18. The number of benzene rings is 3. The van der Waals surface area contributed by atoms with Gasteiger partial charge in [-0.15, -0.1) is 22.0 Å². The summed E-state index contributed by atoms with van der Waals surface area (Å²) in [6.07, 6.45) is 0. The van der Waals surface area contributed by atoms with E-state index in [2.05, 4.69) is 10.2 Å². The lowest BCUT2D eigenvalue weighted by Gasteiger charge is -2.28. The number of anilines is 1. The molecule has 5 rings (SSSR count). The summed E-state index contributed by atoms with van der Waals surface area (Å²) in [4.78, 5) is 16.0. The normalized spacial score (nSPS) is 13.1. The SMILES string of the molecule is O=C(CSc1nnc(-c2ccccc2F)n1-c1ccccc1)N1CCSc2ccccc21. The number of aromatic nitrogens is 3. The summed E-state index contributed by atoms with van der Waals surface area (Å²) < 4.78 is 16.3. The molecule has 0 N–H and O–H groups in total.